The lowest BCUT2D eigenvalue weighted by atomic mass is 10.1. The van der Waals surface area contributed by atoms with Crippen LogP contribution in [0.2, 0.25) is 5.02 Å². The Balaban J connectivity index is 1.51. The Bertz CT molecular complexity index is 639. The van der Waals surface area contributed by atoms with Crippen LogP contribution < -0.4 is 4.74 Å². The minimum absolute atomic E-state index is 0.867. The van der Waals surface area contributed by atoms with Crippen LogP contribution in [0.3, 0.4) is 0 Å². The van der Waals surface area contributed by atoms with Crippen molar-refractivity contribution in [1.29, 1.82) is 0 Å². The maximum atomic E-state index is 6.26. The van der Waals surface area contributed by atoms with Crippen LogP contribution >= 0.6 is 11.6 Å². The molecule has 0 bridgehead atoms. The highest BCUT2D eigenvalue weighted by molar-refractivity contribution is 6.31. The van der Waals surface area contributed by atoms with E-state index in [0.717, 1.165) is 50.0 Å². The van der Waals surface area contributed by atoms with Crippen LogP contribution in [-0.4, -0.2) is 43.1 Å². The predicted molar refractivity (Wildman–Crippen MR) is 95.0 cm³/mol. The van der Waals surface area contributed by atoms with Gasteiger partial charge in [-0.05, 0) is 29.3 Å². The molecule has 1 saturated heterocycles. The standard InChI is InChI=1S/C19H23ClN2O/c1-23-18-7-4-5-16(13-18)14-21-9-11-22(12-10-21)15-17-6-2-3-8-19(17)20/h2-8,13H,9-12,14-15H2,1H3. The van der Waals surface area contributed by atoms with Crippen molar-refractivity contribution in [2.75, 3.05) is 33.3 Å². The molecule has 0 atom stereocenters. The normalized spacial score (nSPS) is 16.4. The van der Waals surface area contributed by atoms with E-state index in [1.807, 2.05) is 18.2 Å². The van der Waals surface area contributed by atoms with E-state index in [0.29, 0.717) is 0 Å². The summed E-state index contributed by atoms with van der Waals surface area (Å²) in [6.07, 6.45) is 0. The Labute approximate surface area is 143 Å². The zero-order valence-electron chi connectivity index (χ0n) is 13.5. The lowest BCUT2D eigenvalue weighted by Crippen LogP contribution is -2.45. The summed E-state index contributed by atoms with van der Waals surface area (Å²) in [5, 5.41) is 0.867. The molecule has 0 radical (unpaired) electrons. The van der Waals surface area contributed by atoms with E-state index < -0.39 is 0 Å². The van der Waals surface area contributed by atoms with Crippen LogP contribution in [0.1, 0.15) is 11.1 Å². The monoisotopic (exact) mass is 330 g/mol. The van der Waals surface area contributed by atoms with Gasteiger partial charge in [0.2, 0.25) is 0 Å². The SMILES string of the molecule is COc1cccc(CN2CCN(Cc3ccccc3Cl)CC2)c1. The molecule has 1 aliphatic heterocycles. The first-order chi connectivity index (χ1) is 11.2. The summed E-state index contributed by atoms with van der Waals surface area (Å²) in [6.45, 7) is 6.25. The molecule has 1 aliphatic rings. The van der Waals surface area contributed by atoms with Crippen molar-refractivity contribution in [3.8, 4) is 5.75 Å². The molecule has 1 fully saturated rings. The molecule has 0 aromatic heterocycles. The van der Waals surface area contributed by atoms with Gasteiger partial charge in [-0.25, -0.2) is 0 Å². The van der Waals surface area contributed by atoms with Crippen molar-refractivity contribution in [3.05, 3.63) is 64.7 Å². The van der Waals surface area contributed by atoms with E-state index in [4.69, 9.17) is 16.3 Å². The first-order valence-corrected chi connectivity index (χ1v) is 8.43. The zero-order chi connectivity index (χ0) is 16.1. The largest absolute Gasteiger partial charge is 0.497 e. The van der Waals surface area contributed by atoms with Crippen molar-refractivity contribution >= 4 is 11.6 Å². The molecule has 0 amide bonds. The summed E-state index contributed by atoms with van der Waals surface area (Å²) in [4.78, 5) is 4.97. The summed E-state index contributed by atoms with van der Waals surface area (Å²) < 4.78 is 5.30. The maximum Gasteiger partial charge on any atom is 0.119 e. The number of nitrogens with zero attached hydrogens (tertiary/aromatic N) is 2. The molecule has 3 rings (SSSR count). The smallest absolute Gasteiger partial charge is 0.119 e. The number of ether oxygens (including phenoxy) is 1. The van der Waals surface area contributed by atoms with Crippen molar-refractivity contribution < 1.29 is 4.74 Å². The third kappa shape index (κ3) is 4.47. The van der Waals surface area contributed by atoms with Gasteiger partial charge in [-0.3, -0.25) is 9.80 Å². The Morgan fingerprint density at radius 1 is 0.913 bits per heavy atom. The molecule has 122 valence electrons. The quantitative estimate of drug-likeness (QED) is 0.832. The zero-order valence-corrected chi connectivity index (χ0v) is 14.3. The van der Waals surface area contributed by atoms with E-state index >= 15 is 0 Å². The molecule has 0 aliphatic carbocycles. The molecular weight excluding hydrogens is 308 g/mol. The van der Waals surface area contributed by atoms with Crippen molar-refractivity contribution in [2.24, 2.45) is 0 Å². The molecule has 0 spiro atoms. The predicted octanol–water partition coefficient (Wildman–Crippen LogP) is 3.67. The second kappa shape index (κ2) is 7.82. The molecule has 0 unspecified atom stereocenters. The molecule has 4 heteroatoms. The summed E-state index contributed by atoms with van der Waals surface area (Å²) in [6, 6.07) is 16.5. The van der Waals surface area contributed by atoms with Crippen LogP contribution in [0.25, 0.3) is 0 Å². The highest BCUT2D eigenvalue weighted by atomic mass is 35.5. The van der Waals surface area contributed by atoms with Crippen LogP contribution in [0, 0.1) is 0 Å². The Morgan fingerprint density at radius 2 is 1.61 bits per heavy atom. The van der Waals surface area contributed by atoms with Crippen LogP contribution in [-0.2, 0) is 13.1 Å². The molecule has 1 heterocycles. The van der Waals surface area contributed by atoms with E-state index in [9.17, 15) is 0 Å². The average Bonchev–Trinajstić information content (AvgIpc) is 2.59. The second-order valence-corrected chi connectivity index (χ2v) is 6.40. The Kier molecular flexibility index (Phi) is 5.55. The fraction of sp³-hybridized carbons (Fsp3) is 0.368. The minimum Gasteiger partial charge on any atom is -0.497 e. The van der Waals surface area contributed by atoms with E-state index in [2.05, 4.69) is 40.1 Å². The molecule has 3 nitrogen and oxygen atoms in total. The number of rotatable bonds is 5. The fourth-order valence-corrected chi connectivity index (χ4v) is 3.20. The number of hydrogen-bond acceptors (Lipinski definition) is 3. The van der Waals surface area contributed by atoms with Gasteiger partial charge in [0, 0.05) is 44.3 Å². The van der Waals surface area contributed by atoms with Gasteiger partial charge in [0.1, 0.15) is 5.75 Å². The first-order valence-electron chi connectivity index (χ1n) is 8.05. The highest BCUT2D eigenvalue weighted by Gasteiger charge is 2.17. The third-order valence-corrected chi connectivity index (χ3v) is 4.73. The lowest BCUT2D eigenvalue weighted by Gasteiger charge is -2.34. The van der Waals surface area contributed by atoms with Gasteiger partial charge in [-0.15, -0.1) is 0 Å². The Morgan fingerprint density at radius 3 is 2.30 bits per heavy atom. The minimum atomic E-state index is 0.867. The number of piperazine rings is 1. The molecule has 0 saturated carbocycles. The maximum absolute atomic E-state index is 6.26. The summed E-state index contributed by atoms with van der Waals surface area (Å²) in [5.41, 5.74) is 2.53. The van der Waals surface area contributed by atoms with Crippen molar-refractivity contribution in [1.82, 2.24) is 9.80 Å². The molecule has 2 aromatic rings. The van der Waals surface area contributed by atoms with Gasteiger partial charge >= 0.3 is 0 Å². The number of halogens is 1. The molecule has 0 N–H and O–H groups in total. The highest BCUT2D eigenvalue weighted by Crippen LogP contribution is 2.19. The summed E-state index contributed by atoms with van der Waals surface area (Å²) in [5.74, 6) is 0.930. The van der Waals surface area contributed by atoms with Crippen molar-refractivity contribution in [3.63, 3.8) is 0 Å². The van der Waals surface area contributed by atoms with Gasteiger partial charge in [0.25, 0.3) is 0 Å². The van der Waals surface area contributed by atoms with Gasteiger partial charge < -0.3 is 4.74 Å². The number of hydrogen-bond donors (Lipinski definition) is 0. The lowest BCUT2D eigenvalue weighted by molar-refractivity contribution is 0.122. The van der Waals surface area contributed by atoms with Crippen molar-refractivity contribution in [2.45, 2.75) is 13.1 Å². The third-order valence-electron chi connectivity index (χ3n) is 4.36. The average molecular weight is 331 g/mol. The molecular formula is C19H23ClN2O. The van der Waals surface area contributed by atoms with Crippen LogP contribution in [0.15, 0.2) is 48.5 Å². The second-order valence-electron chi connectivity index (χ2n) is 6.00. The van der Waals surface area contributed by atoms with Crippen LogP contribution in [0.5, 0.6) is 5.75 Å². The van der Waals surface area contributed by atoms with Gasteiger partial charge in [-0.2, -0.15) is 0 Å². The first kappa shape index (κ1) is 16.3. The van der Waals surface area contributed by atoms with E-state index in [1.54, 1.807) is 7.11 Å². The van der Waals surface area contributed by atoms with Gasteiger partial charge in [-0.1, -0.05) is 41.9 Å². The number of methoxy groups -OCH3 is 1. The topological polar surface area (TPSA) is 15.7 Å². The fourth-order valence-electron chi connectivity index (χ4n) is 3.00. The molecule has 2 aromatic carbocycles. The summed E-state index contributed by atoms with van der Waals surface area (Å²) in [7, 11) is 1.71. The molecule has 23 heavy (non-hydrogen) atoms. The number of benzene rings is 2. The van der Waals surface area contributed by atoms with E-state index in [1.165, 1.54) is 11.1 Å². The van der Waals surface area contributed by atoms with Gasteiger partial charge in [0.05, 0.1) is 7.11 Å². The summed E-state index contributed by atoms with van der Waals surface area (Å²) >= 11 is 6.26. The van der Waals surface area contributed by atoms with E-state index in [-0.39, 0.29) is 0 Å². The van der Waals surface area contributed by atoms with Gasteiger partial charge in [0.15, 0.2) is 0 Å². The Hall–Kier alpha value is -1.55. The van der Waals surface area contributed by atoms with Crippen LogP contribution in [0.4, 0.5) is 0 Å².